The molecule has 0 aliphatic carbocycles. The monoisotopic (exact) mass is 356 g/mol. The second kappa shape index (κ2) is 8.77. The number of benzene rings is 1. The first-order chi connectivity index (χ1) is 9.79. The van der Waals surface area contributed by atoms with Gasteiger partial charge in [0, 0.05) is 19.6 Å². The molecule has 0 aromatic heterocycles. The van der Waals surface area contributed by atoms with Crippen LogP contribution in [0.5, 0.6) is 5.75 Å². The molecule has 0 aliphatic rings. The minimum atomic E-state index is -3.19. The zero-order chi connectivity index (χ0) is 15.9. The second-order valence-corrected chi connectivity index (χ2v) is 7.03. The Morgan fingerprint density at radius 2 is 1.90 bits per heavy atom. The van der Waals surface area contributed by atoms with Crippen molar-refractivity contribution < 1.29 is 18.3 Å². The summed E-state index contributed by atoms with van der Waals surface area (Å²) in [5.74, 6) is 0.332. The van der Waals surface area contributed by atoms with Crippen LogP contribution in [0.15, 0.2) is 18.2 Å². The van der Waals surface area contributed by atoms with E-state index in [-0.39, 0.29) is 19.7 Å². The molecule has 0 saturated carbocycles. The highest BCUT2D eigenvalue weighted by atomic mass is 35.5. The quantitative estimate of drug-likeness (QED) is 0.571. The van der Waals surface area contributed by atoms with Gasteiger partial charge in [0.2, 0.25) is 10.0 Å². The maximum Gasteiger partial charge on any atom is 0.208 e. The van der Waals surface area contributed by atoms with Crippen LogP contribution in [0.3, 0.4) is 0 Å². The SMILES string of the molecule is CS(=O)(=O)NCCNCC(O)COc1c(Cl)cccc1Cl. The lowest BCUT2D eigenvalue weighted by Gasteiger charge is -2.15. The number of para-hydroxylation sites is 1. The molecule has 0 aliphatic heterocycles. The van der Waals surface area contributed by atoms with Gasteiger partial charge < -0.3 is 15.2 Å². The normalized spacial score (nSPS) is 13.1. The third-order valence-corrected chi connectivity index (χ3v) is 3.71. The molecule has 6 nitrogen and oxygen atoms in total. The van der Waals surface area contributed by atoms with Crippen molar-refractivity contribution in [1.29, 1.82) is 0 Å². The summed E-state index contributed by atoms with van der Waals surface area (Å²) < 4.78 is 29.3. The molecule has 0 saturated heterocycles. The summed E-state index contributed by atoms with van der Waals surface area (Å²) >= 11 is 11.9. The minimum absolute atomic E-state index is 0.0238. The molecular weight excluding hydrogens is 339 g/mol. The number of halogens is 2. The van der Waals surface area contributed by atoms with E-state index < -0.39 is 16.1 Å². The minimum Gasteiger partial charge on any atom is -0.488 e. The van der Waals surface area contributed by atoms with Crippen LogP contribution < -0.4 is 14.8 Å². The molecule has 120 valence electrons. The topological polar surface area (TPSA) is 87.7 Å². The van der Waals surface area contributed by atoms with Crippen LogP contribution in [-0.4, -0.2) is 52.1 Å². The van der Waals surface area contributed by atoms with E-state index in [1.165, 1.54) is 0 Å². The van der Waals surface area contributed by atoms with Gasteiger partial charge in [-0.05, 0) is 12.1 Å². The van der Waals surface area contributed by atoms with Crippen LogP contribution in [-0.2, 0) is 10.0 Å². The van der Waals surface area contributed by atoms with Gasteiger partial charge in [-0.3, -0.25) is 0 Å². The maximum atomic E-state index is 10.8. The number of aliphatic hydroxyl groups excluding tert-OH is 1. The molecule has 3 N–H and O–H groups in total. The Morgan fingerprint density at radius 1 is 1.29 bits per heavy atom. The molecule has 1 aromatic rings. The van der Waals surface area contributed by atoms with Gasteiger partial charge in [0.25, 0.3) is 0 Å². The summed E-state index contributed by atoms with van der Waals surface area (Å²) in [6, 6.07) is 4.98. The average molecular weight is 357 g/mol. The van der Waals surface area contributed by atoms with E-state index in [0.29, 0.717) is 22.3 Å². The van der Waals surface area contributed by atoms with Gasteiger partial charge in [-0.2, -0.15) is 0 Å². The summed E-state index contributed by atoms with van der Waals surface area (Å²) in [5.41, 5.74) is 0. The van der Waals surface area contributed by atoms with Gasteiger partial charge >= 0.3 is 0 Å². The van der Waals surface area contributed by atoms with Crippen LogP contribution in [0, 0.1) is 0 Å². The molecule has 21 heavy (non-hydrogen) atoms. The molecule has 0 radical (unpaired) electrons. The lowest BCUT2D eigenvalue weighted by molar-refractivity contribution is 0.107. The Kier molecular flexibility index (Phi) is 7.72. The molecule has 1 unspecified atom stereocenters. The summed E-state index contributed by atoms with van der Waals surface area (Å²) in [7, 11) is -3.19. The Morgan fingerprint density at radius 3 is 2.48 bits per heavy atom. The lowest BCUT2D eigenvalue weighted by atomic mass is 10.3. The van der Waals surface area contributed by atoms with Crippen molar-refractivity contribution in [3.05, 3.63) is 28.2 Å². The van der Waals surface area contributed by atoms with Gasteiger partial charge in [-0.1, -0.05) is 29.3 Å². The van der Waals surface area contributed by atoms with Crippen LogP contribution >= 0.6 is 23.2 Å². The predicted molar refractivity (Wildman–Crippen MR) is 83.7 cm³/mol. The van der Waals surface area contributed by atoms with E-state index in [1.54, 1.807) is 18.2 Å². The third-order valence-electron chi connectivity index (χ3n) is 2.38. The summed E-state index contributed by atoms with van der Waals surface area (Å²) in [6.45, 7) is 0.934. The highest BCUT2D eigenvalue weighted by molar-refractivity contribution is 7.88. The van der Waals surface area contributed by atoms with Crippen LogP contribution in [0.1, 0.15) is 0 Å². The van der Waals surface area contributed by atoms with Crippen LogP contribution in [0.25, 0.3) is 0 Å². The van der Waals surface area contributed by atoms with Crippen LogP contribution in [0.2, 0.25) is 10.0 Å². The molecule has 0 fully saturated rings. The Balaban J connectivity index is 2.24. The van der Waals surface area contributed by atoms with Crippen molar-refractivity contribution in [2.75, 3.05) is 32.5 Å². The van der Waals surface area contributed by atoms with E-state index in [4.69, 9.17) is 27.9 Å². The number of ether oxygens (including phenoxy) is 1. The molecule has 0 bridgehead atoms. The van der Waals surface area contributed by atoms with Crippen LogP contribution in [0.4, 0.5) is 0 Å². The molecule has 1 rings (SSSR count). The molecule has 0 amide bonds. The first-order valence-electron chi connectivity index (χ1n) is 6.20. The lowest BCUT2D eigenvalue weighted by Crippen LogP contribution is -2.36. The van der Waals surface area contributed by atoms with Crippen molar-refractivity contribution in [3.8, 4) is 5.75 Å². The fourth-order valence-electron chi connectivity index (χ4n) is 1.45. The highest BCUT2D eigenvalue weighted by Crippen LogP contribution is 2.32. The second-order valence-electron chi connectivity index (χ2n) is 4.39. The smallest absolute Gasteiger partial charge is 0.208 e. The number of hydrogen-bond acceptors (Lipinski definition) is 5. The van der Waals surface area contributed by atoms with Crippen molar-refractivity contribution in [1.82, 2.24) is 10.0 Å². The molecular formula is C12H18Cl2N2O4S. The third kappa shape index (κ3) is 7.85. The van der Waals surface area contributed by atoms with Crippen molar-refractivity contribution in [2.45, 2.75) is 6.10 Å². The molecule has 9 heteroatoms. The van der Waals surface area contributed by atoms with E-state index >= 15 is 0 Å². The van der Waals surface area contributed by atoms with Crippen molar-refractivity contribution >= 4 is 33.2 Å². The van der Waals surface area contributed by atoms with E-state index in [9.17, 15) is 13.5 Å². The number of nitrogens with one attached hydrogen (secondary N) is 2. The van der Waals surface area contributed by atoms with E-state index in [1.807, 2.05) is 0 Å². The van der Waals surface area contributed by atoms with Gasteiger partial charge in [-0.15, -0.1) is 0 Å². The van der Waals surface area contributed by atoms with Gasteiger partial charge in [-0.25, -0.2) is 13.1 Å². The number of sulfonamides is 1. The van der Waals surface area contributed by atoms with E-state index in [2.05, 4.69) is 10.0 Å². The fourth-order valence-corrected chi connectivity index (χ4v) is 2.43. The van der Waals surface area contributed by atoms with Crippen molar-refractivity contribution in [2.24, 2.45) is 0 Å². The zero-order valence-electron chi connectivity index (χ0n) is 11.5. The molecule has 1 atom stereocenters. The summed E-state index contributed by atoms with van der Waals surface area (Å²) in [4.78, 5) is 0. The Hall–Kier alpha value is -0.570. The summed E-state index contributed by atoms with van der Waals surface area (Å²) in [6.07, 6.45) is 0.318. The first-order valence-corrected chi connectivity index (χ1v) is 8.84. The highest BCUT2D eigenvalue weighted by Gasteiger charge is 2.10. The number of rotatable bonds is 9. The van der Waals surface area contributed by atoms with Crippen molar-refractivity contribution in [3.63, 3.8) is 0 Å². The van der Waals surface area contributed by atoms with Gasteiger partial charge in [0.15, 0.2) is 5.75 Å². The molecule has 1 aromatic carbocycles. The fraction of sp³-hybridized carbons (Fsp3) is 0.500. The van der Waals surface area contributed by atoms with Gasteiger partial charge in [0.1, 0.15) is 12.7 Å². The Labute approximate surface area is 134 Å². The maximum absolute atomic E-state index is 10.8. The average Bonchev–Trinajstić information content (AvgIpc) is 2.36. The standard InChI is InChI=1S/C12H18Cl2N2O4S/c1-21(18,19)16-6-5-15-7-9(17)8-20-12-10(13)3-2-4-11(12)14/h2-4,9,15-17H,5-8H2,1H3. The van der Waals surface area contributed by atoms with Gasteiger partial charge in [0.05, 0.1) is 16.3 Å². The number of hydrogen-bond donors (Lipinski definition) is 3. The largest absolute Gasteiger partial charge is 0.488 e. The first kappa shape index (κ1) is 18.5. The predicted octanol–water partition coefficient (Wildman–Crippen LogP) is 0.872. The zero-order valence-corrected chi connectivity index (χ0v) is 13.8. The summed E-state index contributed by atoms with van der Waals surface area (Å²) in [5, 5.41) is 13.4. The Bertz CT molecular complexity index is 534. The van der Waals surface area contributed by atoms with E-state index in [0.717, 1.165) is 6.26 Å². The molecule has 0 spiro atoms. The number of aliphatic hydroxyl groups is 1. The molecule has 0 heterocycles.